The maximum absolute atomic E-state index is 2.61. The van der Waals surface area contributed by atoms with E-state index in [2.05, 4.69) is 94.2 Å². The maximum atomic E-state index is 2.61. The van der Waals surface area contributed by atoms with E-state index in [1.54, 1.807) is 0 Å². The molecule has 154 valence electrons. The van der Waals surface area contributed by atoms with Crippen molar-refractivity contribution >= 4 is 21.7 Å². The van der Waals surface area contributed by atoms with Gasteiger partial charge in [-0.15, -0.1) is 0 Å². The van der Waals surface area contributed by atoms with Crippen molar-refractivity contribution in [3.63, 3.8) is 0 Å². The largest absolute Gasteiger partial charge is 0.222 e. The monoisotopic (exact) mass is 414 g/mol. The fraction of sp³-hybridized carbons (Fsp3) is 0.200. The zero-order chi connectivity index (χ0) is 21.1. The van der Waals surface area contributed by atoms with E-state index in [0.717, 1.165) is 25.9 Å². The van der Waals surface area contributed by atoms with Gasteiger partial charge in [-0.25, -0.2) is 0 Å². The van der Waals surface area contributed by atoms with E-state index in [0.29, 0.717) is 0 Å². The van der Waals surface area contributed by atoms with E-state index in [1.165, 1.54) is 68.2 Å². The first-order valence-corrected chi connectivity index (χ1v) is 11.9. The average molecular weight is 415 g/mol. The highest BCUT2D eigenvalue weighted by atomic mass is 15.0. The molecule has 0 radical (unpaired) electrons. The first-order valence-electron chi connectivity index (χ1n) is 11.9. The molecule has 0 N–H and O–H groups in total. The second-order valence-electron chi connectivity index (χ2n) is 9.18. The molecule has 2 aromatic heterocycles. The summed E-state index contributed by atoms with van der Waals surface area (Å²) in [4.78, 5) is 0. The van der Waals surface area contributed by atoms with Gasteiger partial charge in [-0.2, -0.15) is 9.13 Å². The molecule has 5 aromatic rings. The van der Waals surface area contributed by atoms with E-state index in [1.807, 2.05) is 0 Å². The third-order valence-corrected chi connectivity index (χ3v) is 7.42. The Labute approximate surface area is 188 Å². The van der Waals surface area contributed by atoms with E-state index in [9.17, 15) is 0 Å². The van der Waals surface area contributed by atoms with Gasteiger partial charge in [0.15, 0.2) is 6.20 Å². The summed E-state index contributed by atoms with van der Waals surface area (Å²) in [6.45, 7) is 2.14. The molecule has 0 amide bonds. The van der Waals surface area contributed by atoms with Gasteiger partial charge in [-0.3, -0.25) is 0 Å². The van der Waals surface area contributed by atoms with Crippen LogP contribution in [-0.4, -0.2) is 0 Å². The Morgan fingerprint density at radius 3 is 2.12 bits per heavy atom. The molecule has 0 atom stereocenters. The van der Waals surface area contributed by atoms with Crippen molar-refractivity contribution in [3.8, 4) is 22.5 Å². The van der Waals surface area contributed by atoms with Crippen LogP contribution in [0, 0.1) is 0 Å². The van der Waals surface area contributed by atoms with Gasteiger partial charge in [0.05, 0.1) is 21.9 Å². The number of nitrogens with zero attached hydrogens (tertiary/aromatic N) is 2. The normalized spacial score (nSPS) is 14.8. The van der Waals surface area contributed by atoms with Gasteiger partial charge in [0, 0.05) is 36.4 Å². The highest BCUT2D eigenvalue weighted by Gasteiger charge is 2.33. The van der Waals surface area contributed by atoms with Crippen LogP contribution in [0.4, 0.5) is 0 Å². The summed E-state index contributed by atoms with van der Waals surface area (Å²) >= 11 is 0. The lowest BCUT2D eigenvalue weighted by Crippen LogP contribution is -2.37. The van der Waals surface area contributed by atoms with Crippen LogP contribution in [0.25, 0.3) is 44.2 Å². The number of fused-ring (bicyclic) bond motifs is 12. The molecule has 0 bridgehead atoms. The molecule has 3 aromatic carbocycles. The highest BCUT2D eigenvalue weighted by molar-refractivity contribution is 6.10. The zero-order valence-electron chi connectivity index (χ0n) is 18.2. The standard InChI is InChI=1S/C30H26N2/c1-2-13-25-23(11-1)24-12-3-4-14-26(24)32-20-8-10-22-17-16-21-9-7-19-31-18-6-5-15-27(31)28(21)29(22)30(25)32/h1-6,11-18H,7-10,19-20H2/q+2. The van der Waals surface area contributed by atoms with Crippen molar-refractivity contribution in [3.05, 3.63) is 96.2 Å². The van der Waals surface area contributed by atoms with Gasteiger partial charge in [-0.05, 0) is 42.2 Å². The van der Waals surface area contributed by atoms with Crippen molar-refractivity contribution in [2.75, 3.05) is 0 Å². The Morgan fingerprint density at radius 2 is 1.25 bits per heavy atom. The number of benzene rings is 3. The topological polar surface area (TPSA) is 7.76 Å². The molecule has 4 heterocycles. The molecule has 2 nitrogen and oxygen atoms in total. The Balaban J connectivity index is 1.71. The number of hydrogen-bond acceptors (Lipinski definition) is 0. The van der Waals surface area contributed by atoms with Crippen molar-refractivity contribution in [1.82, 2.24) is 0 Å². The Morgan fingerprint density at radius 1 is 0.562 bits per heavy atom. The van der Waals surface area contributed by atoms with Gasteiger partial charge >= 0.3 is 0 Å². The average Bonchev–Trinajstić information content (AvgIpc) is 3.16. The highest BCUT2D eigenvalue weighted by Crippen LogP contribution is 2.42. The van der Waals surface area contributed by atoms with E-state index < -0.39 is 0 Å². The first kappa shape index (κ1) is 18.1. The van der Waals surface area contributed by atoms with E-state index >= 15 is 0 Å². The predicted molar refractivity (Wildman–Crippen MR) is 129 cm³/mol. The van der Waals surface area contributed by atoms with Gasteiger partial charge in [0.25, 0.3) is 0 Å². The van der Waals surface area contributed by atoms with Gasteiger partial charge < -0.3 is 0 Å². The van der Waals surface area contributed by atoms with E-state index in [4.69, 9.17) is 0 Å². The van der Waals surface area contributed by atoms with Crippen LogP contribution in [0.5, 0.6) is 0 Å². The van der Waals surface area contributed by atoms with Gasteiger partial charge in [0.2, 0.25) is 16.9 Å². The van der Waals surface area contributed by atoms with E-state index in [-0.39, 0.29) is 0 Å². The minimum atomic E-state index is 1.05. The zero-order valence-corrected chi connectivity index (χ0v) is 18.2. The number of aryl methyl sites for hydroxylation is 4. The Hall–Kier alpha value is -3.52. The van der Waals surface area contributed by atoms with Crippen molar-refractivity contribution < 1.29 is 9.13 Å². The summed E-state index contributed by atoms with van der Waals surface area (Å²) in [7, 11) is 0. The fourth-order valence-electron chi connectivity index (χ4n) is 6.06. The molecule has 2 aliphatic heterocycles. The van der Waals surface area contributed by atoms with Crippen molar-refractivity contribution in [2.24, 2.45) is 0 Å². The molecule has 32 heavy (non-hydrogen) atoms. The molecular weight excluding hydrogens is 388 g/mol. The molecule has 0 aliphatic carbocycles. The fourth-order valence-corrected chi connectivity index (χ4v) is 6.06. The summed E-state index contributed by atoms with van der Waals surface area (Å²) in [6, 6.07) is 29.5. The molecular formula is C30H26N2+2. The molecule has 2 aliphatic rings. The number of aromatic nitrogens is 2. The lowest BCUT2D eigenvalue weighted by molar-refractivity contribution is -0.686. The second kappa shape index (κ2) is 7.00. The summed E-state index contributed by atoms with van der Waals surface area (Å²) < 4.78 is 5.08. The van der Waals surface area contributed by atoms with Gasteiger partial charge in [0.1, 0.15) is 13.1 Å². The Kier molecular flexibility index (Phi) is 3.96. The third-order valence-electron chi connectivity index (χ3n) is 7.42. The molecule has 0 spiro atoms. The van der Waals surface area contributed by atoms with Crippen LogP contribution in [0.3, 0.4) is 0 Å². The molecule has 0 fully saturated rings. The lowest BCUT2D eigenvalue weighted by atomic mass is 9.87. The quantitative estimate of drug-likeness (QED) is 0.224. The second-order valence-corrected chi connectivity index (χ2v) is 9.18. The number of hydrogen-bond donors (Lipinski definition) is 0. The van der Waals surface area contributed by atoms with Crippen molar-refractivity contribution in [2.45, 2.75) is 38.8 Å². The SMILES string of the molecule is c1cc[n+]2c(c1)-c1c(ccc3c1-c1c4ccccc4c4ccccc4[n+]1CCC3)CCC2. The van der Waals surface area contributed by atoms with Crippen LogP contribution in [-0.2, 0) is 25.9 Å². The number of para-hydroxylation sites is 1. The molecule has 0 unspecified atom stereocenters. The summed E-state index contributed by atoms with van der Waals surface area (Å²) in [5.41, 5.74) is 10.0. The molecule has 0 saturated carbocycles. The minimum absolute atomic E-state index is 1.05. The van der Waals surface area contributed by atoms with Gasteiger partial charge in [-0.1, -0.05) is 42.5 Å². The number of pyridine rings is 2. The molecule has 2 heteroatoms. The van der Waals surface area contributed by atoms with Crippen LogP contribution < -0.4 is 9.13 Å². The van der Waals surface area contributed by atoms with Crippen LogP contribution in [0.15, 0.2) is 85.1 Å². The first-order chi connectivity index (χ1) is 15.9. The molecule has 7 rings (SSSR count). The predicted octanol–water partition coefficient (Wildman–Crippen LogP) is 5.79. The summed E-state index contributed by atoms with van der Waals surface area (Å²) in [6.07, 6.45) is 6.87. The van der Waals surface area contributed by atoms with Crippen LogP contribution >= 0.6 is 0 Å². The maximum Gasteiger partial charge on any atom is 0.222 e. The minimum Gasteiger partial charge on any atom is -0.198 e. The lowest BCUT2D eigenvalue weighted by Gasteiger charge is -2.16. The molecule has 0 saturated heterocycles. The number of rotatable bonds is 0. The summed E-state index contributed by atoms with van der Waals surface area (Å²) in [5, 5.41) is 4.08. The van der Waals surface area contributed by atoms with Crippen LogP contribution in [0.2, 0.25) is 0 Å². The van der Waals surface area contributed by atoms with Crippen LogP contribution in [0.1, 0.15) is 24.0 Å². The third kappa shape index (κ3) is 2.53. The smallest absolute Gasteiger partial charge is 0.198 e. The summed E-state index contributed by atoms with van der Waals surface area (Å²) in [5.74, 6) is 0. The Bertz CT molecular complexity index is 1530. The van der Waals surface area contributed by atoms with Crippen molar-refractivity contribution in [1.29, 1.82) is 0 Å².